The van der Waals surface area contributed by atoms with E-state index in [0.717, 1.165) is 39.3 Å². The Morgan fingerprint density at radius 2 is 0.577 bits per heavy atom. The summed E-state index contributed by atoms with van der Waals surface area (Å²) in [5.74, 6) is -1.95. The summed E-state index contributed by atoms with van der Waals surface area (Å²) in [4.78, 5) is 26.6. The number of nitrogens with zero attached hydrogens (tertiary/aromatic N) is 6. The van der Waals surface area contributed by atoms with Crippen LogP contribution in [-0.4, -0.2) is 35.4 Å². The zero-order valence-corrected chi connectivity index (χ0v) is 55.3. The van der Waals surface area contributed by atoms with Crippen molar-refractivity contribution >= 4 is 69.9 Å². The number of rotatable bonds is 6. The van der Waals surface area contributed by atoms with Gasteiger partial charge in [-0.05, 0) is 105 Å². The summed E-state index contributed by atoms with van der Waals surface area (Å²) < 4.78 is 78.3. The molecule has 0 saturated heterocycles. The van der Waals surface area contributed by atoms with E-state index in [4.69, 9.17) is 57.5 Å². The van der Waals surface area contributed by atoms with Crippen LogP contribution in [0.4, 0.5) is 26.3 Å². The fourth-order valence-corrected chi connectivity index (χ4v) is 6.18. The second-order valence-electron chi connectivity index (χ2n) is 14.3. The Bertz CT molecular complexity index is 2780. The molecule has 1 radical (unpaired) electrons. The number of aryl methyl sites for hydroxylation is 3. The first-order valence-corrected chi connectivity index (χ1v) is 37.9. The van der Waals surface area contributed by atoms with Gasteiger partial charge in [-0.1, -0.05) is 31.7 Å². The second-order valence-corrected chi connectivity index (χ2v) is 35.0. The van der Waals surface area contributed by atoms with Gasteiger partial charge in [0.15, 0.2) is 0 Å². The maximum atomic E-state index is 13.1. The predicted molar refractivity (Wildman–Crippen MR) is 296 cm³/mol. The molecule has 78 heavy (non-hydrogen) atoms. The zero-order chi connectivity index (χ0) is 51.6. The van der Waals surface area contributed by atoms with Crippen molar-refractivity contribution in [2.45, 2.75) is 28.2 Å². The third-order valence-electron chi connectivity index (χ3n) is 9.21. The number of benzene rings is 6. The molecule has 6 aromatic carbocycles. The van der Waals surface area contributed by atoms with E-state index in [0.29, 0.717) is 45.3 Å². The van der Waals surface area contributed by atoms with E-state index in [2.05, 4.69) is 42.0 Å². The van der Waals surface area contributed by atoms with Crippen molar-refractivity contribution in [1.29, 1.82) is 0 Å². The first kappa shape index (κ1) is 79.0. The fourth-order valence-electron chi connectivity index (χ4n) is 6.18. The van der Waals surface area contributed by atoms with Crippen molar-refractivity contribution in [3.05, 3.63) is 231 Å². The molecule has 3 aromatic heterocycles. The van der Waals surface area contributed by atoms with E-state index in [1.54, 1.807) is 79.3 Å². The molecule has 0 amide bonds. The molecule has 0 bridgehead atoms. The van der Waals surface area contributed by atoms with Crippen LogP contribution >= 0.6 is 69.9 Å². The van der Waals surface area contributed by atoms with Crippen LogP contribution in [0.15, 0.2) is 152 Å². The molecular weight excluding hydrogens is 1880 g/mol. The Kier molecular flexibility index (Phi) is 40.5. The molecular formula is C54H47Cl7F6Ir4N6O-. The summed E-state index contributed by atoms with van der Waals surface area (Å²) >= 11 is -3.83. The molecule has 0 aliphatic heterocycles. The first-order valence-electron chi connectivity index (χ1n) is 20.1. The monoisotopic (exact) mass is 1930 g/mol. The summed E-state index contributed by atoms with van der Waals surface area (Å²) in [6.07, 6.45) is 4.94. The van der Waals surface area contributed by atoms with Crippen LogP contribution in [0.25, 0.3) is 67.5 Å². The van der Waals surface area contributed by atoms with Gasteiger partial charge >= 0.3 is 105 Å². The van der Waals surface area contributed by atoms with Gasteiger partial charge in [-0.3, -0.25) is 23.7 Å². The molecule has 0 aliphatic carbocycles. The number of hydrogen-bond donors (Lipinski definition) is 0. The average molecular weight is 1930 g/mol. The fraction of sp³-hybridized carbons (Fsp3) is 0.0741. The van der Waals surface area contributed by atoms with Crippen molar-refractivity contribution in [3.8, 4) is 67.5 Å². The van der Waals surface area contributed by atoms with Gasteiger partial charge in [0.1, 0.15) is 23.3 Å². The van der Waals surface area contributed by atoms with Crippen LogP contribution < -0.4 is 0 Å². The summed E-state index contributed by atoms with van der Waals surface area (Å²) in [5, 5.41) is 0. The van der Waals surface area contributed by atoms with E-state index in [9.17, 15) is 26.3 Å². The van der Waals surface area contributed by atoms with Crippen LogP contribution in [0.5, 0.6) is 0 Å². The number of halogens is 13. The SMILES string of the molecule is C.Cc1cnc(-c2[c-]cc(F)cc2)c(-c2ccc(F)cc2)n1.Cc1cnc(-c2[c-]cc(F)cc2)c(-c2ccc(F)cc2)n1.Cc1cnc(-c2ccc(F)cc2)c(-c2ccc(F)cc2)n1.Cl.O.[CH3-].[CH3-].[Cl][Ir]([Cl])[Cl].[Cl][Ir]([Cl])[Cl].[Ir+3].[Ir]. The molecule has 9 aromatic rings. The maximum Gasteiger partial charge on any atom is 3.00 e. The van der Waals surface area contributed by atoms with E-state index in [1.807, 2.05) is 20.8 Å². The Morgan fingerprint density at radius 3 is 0.808 bits per heavy atom. The maximum absolute atomic E-state index is 13.1. The molecule has 2 N–H and O–H groups in total. The largest absolute Gasteiger partial charge is 3.00 e. The van der Waals surface area contributed by atoms with Gasteiger partial charge in [0.2, 0.25) is 0 Å². The summed E-state index contributed by atoms with van der Waals surface area (Å²) in [6.45, 7) is 5.50. The Balaban J connectivity index is -0.000000969. The summed E-state index contributed by atoms with van der Waals surface area (Å²) in [6, 6.07) is 38.3. The Hall–Kier alpha value is -3.27. The van der Waals surface area contributed by atoms with E-state index < -0.39 is 26.9 Å². The van der Waals surface area contributed by atoms with Gasteiger partial charge in [0.25, 0.3) is 0 Å². The van der Waals surface area contributed by atoms with Gasteiger partial charge in [0.05, 0.1) is 39.9 Å². The molecule has 0 saturated carbocycles. The third kappa shape index (κ3) is 26.1. The quantitative estimate of drug-likeness (QED) is 0.121. The van der Waals surface area contributed by atoms with Gasteiger partial charge in [-0.2, -0.15) is 0 Å². The molecule has 427 valence electrons. The van der Waals surface area contributed by atoms with Crippen LogP contribution in [0.1, 0.15) is 24.5 Å². The van der Waals surface area contributed by atoms with E-state index >= 15 is 0 Å². The van der Waals surface area contributed by atoms with Crippen LogP contribution in [0.3, 0.4) is 0 Å². The van der Waals surface area contributed by atoms with Crippen molar-refractivity contribution in [1.82, 2.24) is 29.9 Å². The molecule has 24 heteroatoms. The molecule has 9 rings (SSSR count). The van der Waals surface area contributed by atoms with Crippen molar-refractivity contribution in [3.63, 3.8) is 0 Å². The van der Waals surface area contributed by atoms with Crippen molar-refractivity contribution in [2.24, 2.45) is 0 Å². The van der Waals surface area contributed by atoms with Gasteiger partial charge < -0.3 is 30.3 Å². The molecule has 0 unspecified atom stereocenters. The molecule has 7 nitrogen and oxygen atoms in total. The molecule has 0 spiro atoms. The molecule has 0 fully saturated rings. The third-order valence-corrected chi connectivity index (χ3v) is 9.21. The Labute approximate surface area is 520 Å². The zero-order valence-electron chi connectivity index (χ0n) is 40.4. The van der Waals surface area contributed by atoms with Gasteiger partial charge in [-0.25, -0.2) is 22.5 Å². The van der Waals surface area contributed by atoms with E-state index in [1.165, 1.54) is 72.8 Å². The van der Waals surface area contributed by atoms with Crippen molar-refractivity contribution in [2.75, 3.05) is 0 Å². The summed E-state index contributed by atoms with van der Waals surface area (Å²) in [7, 11) is 29.8. The van der Waals surface area contributed by atoms with E-state index in [-0.39, 0.29) is 115 Å². The average Bonchev–Trinajstić information content (AvgIpc) is 3.33. The number of aromatic nitrogens is 6. The van der Waals surface area contributed by atoms with Crippen LogP contribution in [0.2, 0.25) is 0 Å². The predicted octanol–water partition coefficient (Wildman–Crippen LogP) is 18.1. The van der Waals surface area contributed by atoms with Crippen LogP contribution in [-0.2, 0) is 67.1 Å². The molecule has 0 atom stereocenters. The topological polar surface area (TPSA) is 109 Å². The van der Waals surface area contributed by atoms with Gasteiger partial charge in [0, 0.05) is 72.8 Å². The first-order chi connectivity index (χ1) is 33.9. The Morgan fingerprint density at radius 1 is 0.372 bits per heavy atom. The minimum absolute atomic E-state index is 0. The van der Waals surface area contributed by atoms with Gasteiger partial charge in [-0.15, -0.1) is 72.1 Å². The number of hydrogen-bond acceptors (Lipinski definition) is 6. The summed E-state index contributed by atoms with van der Waals surface area (Å²) in [5.41, 5.74) is 10.3. The molecule has 0 aliphatic rings. The minimum Gasteiger partial charge on any atom is 0 e. The second kappa shape index (κ2) is 40.0. The molecule has 3 heterocycles. The van der Waals surface area contributed by atoms with Crippen LogP contribution in [0, 0.1) is 82.7 Å². The standard InChI is InChI=1S/C17H12F2N2.2C17H11F2N2.CH4.2CH3.7ClH.4Ir.H2O/c3*1-11-10-20-16(12-2-6-14(18)7-3-12)17(21-11)13-4-8-15(19)9-5-13;;;;;;;;;;;;;;;/h2-10H,1H3;2*2,4-10H,1H3;1H4;2*1H3;7*1H;;;;;1H2/q;2*-1;;2*-1;;;;;;;;;3*+3;/p-6. The normalized spacial score (nSPS) is 9.73. The van der Waals surface area contributed by atoms with Crippen molar-refractivity contribution < 1.29 is 98.9 Å². The minimum atomic E-state index is -1.92. The smallest absolute Gasteiger partial charge is 0 e.